The van der Waals surface area contributed by atoms with E-state index in [0.29, 0.717) is 18.8 Å². The normalized spacial score (nSPS) is 22.4. The van der Waals surface area contributed by atoms with Gasteiger partial charge in [0.2, 0.25) is 0 Å². The van der Waals surface area contributed by atoms with Crippen molar-refractivity contribution in [1.82, 2.24) is 4.90 Å². The second-order valence-corrected chi connectivity index (χ2v) is 5.92. The van der Waals surface area contributed by atoms with Crippen molar-refractivity contribution in [3.8, 4) is 0 Å². The first kappa shape index (κ1) is 14.4. The summed E-state index contributed by atoms with van der Waals surface area (Å²) in [5, 5.41) is 0. The van der Waals surface area contributed by atoms with E-state index in [1.807, 2.05) is 42.5 Å². The third kappa shape index (κ3) is 2.64. The Morgan fingerprint density at radius 3 is 2.43 bits per heavy atom. The molecule has 0 bridgehead atoms. The molecule has 4 heteroatoms. The molecular formula is C19H19NO3. The molecule has 1 saturated heterocycles. The van der Waals surface area contributed by atoms with Crippen LogP contribution in [0, 0.1) is 0 Å². The van der Waals surface area contributed by atoms with Gasteiger partial charge in [-0.3, -0.25) is 4.90 Å². The number of nitrogens with zero attached hydrogens (tertiary/aromatic N) is 1. The average molecular weight is 309 g/mol. The molecule has 2 heterocycles. The van der Waals surface area contributed by atoms with Crippen LogP contribution in [0.4, 0.5) is 0 Å². The van der Waals surface area contributed by atoms with Gasteiger partial charge in [-0.25, -0.2) is 4.79 Å². The van der Waals surface area contributed by atoms with Crippen molar-refractivity contribution in [1.29, 1.82) is 0 Å². The van der Waals surface area contributed by atoms with E-state index in [4.69, 9.17) is 9.47 Å². The van der Waals surface area contributed by atoms with E-state index in [0.717, 1.165) is 18.7 Å². The number of carbonyl (C=O) groups is 1. The molecule has 2 aliphatic heterocycles. The van der Waals surface area contributed by atoms with E-state index in [9.17, 15) is 4.79 Å². The van der Waals surface area contributed by atoms with Crippen molar-refractivity contribution in [3.63, 3.8) is 0 Å². The van der Waals surface area contributed by atoms with E-state index >= 15 is 0 Å². The maximum Gasteiger partial charge on any atom is 0.339 e. The number of esters is 1. The number of cyclic esters (lactones) is 1. The zero-order valence-corrected chi connectivity index (χ0v) is 12.9. The lowest BCUT2D eigenvalue weighted by Crippen LogP contribution is -2.41. The van der Waals surface area contributed by atoms with Crippen LogP contribution in [-0.2, 0) is 9.47 Å². The van der Waals surface area contributed by atoms with Crippen LogP contribution in [0.2, 0.25) is 0 Å². The predicted octanol–water partition coefficient (Wildman–Crippen LogP) is 2.97. The highest BCUT2D eigenvalue weighted by molar-refractivity contribution is 5.94. The van der Waals surface area contributed by atoms with Gasteiger partial charge in [0.1, 0.15) is 6.10 Å². The first-order valence-electron chi connectivity index (χ1n) is 8.01. The largest absolute Gasteiger partial charge is 0.452 e. The van der Waals surface area contributed by atoms with Gasteiger partial charge in [-0.05, 0) is 11.6 Å². The molecule has 2 atom stereocenters. The Morgan fingerprint density at radius 1 is 0.957 bits per heavy atom. The van der Waals surface area contributed by atoms with E-state index in [1.165, 1.54) is 5.56 Å². The summed E-state index contributed by atoms with van der Waals surface area (Å²) in [5.41, 5.74) is 2.84. The van der Waals surface area contributed by atoms with Crippen LogP contribution in [0.25, 0.3) is 0 Å². The standard InChI is InChI=1S/C19H19NO3/c21-19-16-9-5-4-8-15(16)18(23-19)17(14-6-2-1-3-7-14)20-10-12-22-13-11-20/h1-9,17-18H,10-13H2. The molecular weight excluding hydrogens is 290 g/mol. The van der Waals surface area contributed by atoms with Crippen LogP contribution in [0.1, 0.15) is 33.6 Å². The number of ether oxygens (including phenoxy) is 2. The van der Waals surface area contributed by atoms with Crippen LogP contribution >= 0.6 is 0 Å². The SMILES string of the molecule is O=C1OC(C(c2ccccc2)N2CCOCC2)c2ccccc21. The molecule has 4 rings (SSSR count). The number of benzene rings is 2. The highest BCUT2D eigenvalue weighted by Gasteiger charge is 2.40. The van der Waals surface area contributed by atoms with Crippen LogP contribution in [0.15, 0.2) is 54.6 Å². The molecule has 0 saturated carbocycles. The number of hydrogen-bond acceptors (Lipinski definition) is 4. The molecule has 0 aromatic heterocycles. The second kappa shape index (κ2) is 6.14. The second-order valence-electron chi connectivity index (χ2n) is 5.92. The van der Waals surface area contributed by atoms with Gasteiger partial charge in [0.15, 0.2) is 0 Å². The molecule has 2 aliphatic rings. The zero-order chi connectivity index (χ0) is 15.6. The number of rotatable bonds is 3. The number of fused-ring (bicyclic) bond motifs is 1. The number of morpholine rings is 1. The minimum atomic E-state index is -0.265. The Kier molecular flexibility index (Phi) is 3.85. The van der Waals surface area contributed by atoms with E-state index in [1.54, 1.807) is 0 Å². The number of hydrogen-bond donors (Lipinski definition) is 0. The van der Waals surface area contributed by atoms with Gasteiger partial charge in [0.05, 0.1) is 24.8 Å². The van der Waals surface area contributed by atoms with Crippen LogP contribution in [0.5, 0.6) is 0 Å². The fourth-order valence-electron chi connectivity index (χ4n) is 3.49. The number of carbonyl (C=O) groups excluding carboxylic acids is 1. The van der Waals surface area contributed by atoms with Crippen molar-refractivity contribution in [3.05, 3.63) is 71.3 Å². The van der Waals surface area contributed by atoms with Crippen LogP contribution in [0.3, 0.4) is 0 Å². The average Bonchev–Trinajstić information content (AvgIpc) is 2.94. The third-order valence-electron chi connectivity index (χ3n) is 4.59. The fraction of sp³-hybridized carbons (Fsp3) is 0.316. The monoisotopic (exact) mass is 309 g/mol. The van der Waals surface area contributed by atoms with Crippen molar-refractivity contribution in [2.24, 2.45) is 0 Å². The highest BCUT2D eigenvalue weighted by Crippen LogP contribution is 2.42. The molecule has 0 N–H and O–H groups in total. The van der Waals surface area contributed by atoms with Crippen molar-refractivity contribution >= 4 is 5.97 Å². The van der Waals surface area contributed by atoms with Crippen LogP contribution < -0.4 is 0 Å². The van der Waals surface area contributed by atoms with Gasteiger partial charge < -0.3 is 9.47 Å². The molecule has 0 amide bonds. The Balaban J connectivity index is 1.75. The summed E-state index contributed by atoms with van der Waals surface area (Å²) in [6, 6.07) is 18.0. The fourth-order valence-corrected chi connectivity index (χ4v) is 3.49. The summed E-state index contributed by atoms with van der Waals surface area (Å²) < 4.78 is 11.3. The minimum absolute atomic E-state index is 0.0210. The molecule has 2 aromatic rings. The molecule has 0 aliphatic carbocycles. The van der Waals surface area contributed by atoms with Gasteiger partial charge in [-0.1, -0.05) is 48.5 Å². The smallest absolute Gasteiger partial charge is 0.339 e. The first-order chi connectivity index (χ1) is 11.3. The van der Waals surface area contributed by atoms with Crippen LogP contribution in [-0.4, -0.2) is 37.2 Å². The molecule has 1 fully saturated rings. The summed E-state index contributed by atoms with van der Waals surface area (Å²) in [6.07, 6.45) is -0.265. The van der Waals surface area contributed by atoms with Gasteiger partial charge in [0, 0.05) is 18.7 Å². The molecule has 2 aromatic carbocycles. The molecule has 0 spiro atoms. The molecule has 23 heavy (non-hydrogen) atoms. The van der Waals surface area contributed by atoms with Gasteiger partial charge in [-0.15, -0.1) is 0 Å². The minimum Gasteiger partial charge on any atom is -0.452 e. The first-order valence-corrected chi connectivity index (χ1v) is 8.01. The van der Waals surface area contributed by atoms with Gasteiger partial charge in [0.25, 0.3) is 0 Å². The zero-order valence-electron chi connectivity index (χ0n) is 12.9. The predicted molar refractivity (Wildman–Crippen MR) is 86.2 cm³/mol. The Hall–Kier alpha value is -2.17. The quantitative estimate of drug-likeness (QED) is 0.817. The van der Waals surface area contributed by atoms with Crippen molar-refractivity contribution in [2.75, 3.05) is 26.3 Å². The van der Waals surface area contributed by atoms with Gasteiger partial charge in [-0.2, -0.15) is 0 Å². The Bertz CT molecular complexity index is 695. The van der Waals surface area contributed by atoms with E-state index < -0.39 is 0 Å². The third-order valence-corrected chi connectivity index (χ3v) is 4.59. The van der Waals surface area contributed by atoms with E-state index in [2.05, 4.69) is 17.0 Å². The topological polar surface area (TPSA) is 38.8 Å². The summed E-state index contributed by atoms with van der Waals surface area (Å²) in [5.74, 6) is -0.222. The summed E-state index contributed by atoms with van der Waals surface area (Å²) in [4.78, 5) is 14.6. The lowest BCUT2D eigenvalue weighted by atomic mass is 9.93. The Morgan fingerprint density at radius 2 is 1.65 bits per heavy atom. The summed E-state index contributed by atoms with van der Waals surface area (Å²) in [6.45, 7) is 3.11. The van der Waals surface area contributed by atoms with E-state index in [-0.39, 0.29) is 18.1 Å². The highest BCUT2D eigenvalue weighted by atomic mass is 16.6. The molecule has 0 radical (unpaired) electrons. The van der Waals surface area contributed by atoms with Crippen molar-refractivity contribution in [2.45, 2.75) is 12.1 Å². The molecule has 118 valence electrons. The maximum atomic E-state index is 12.2. The lowest BCUT2D eigenvalue weighted by molar-refractivity contribution is -0.0314. The molecule has 2 unspecified atom stereocenters. The van der Waals surface area contributed by atoms with Crippen molar-refractivity contribution < 1.29 is 14.3 Å². The summed E-state index contributed by atoms with van der Waals surface area (Å²) >= 11 is 0. The van der Waals surface area contributed by atoms with Gasteiger partial charge >= 0.3 is 5.97 Å². The molecule has 4 nitrogen and oxygen atoms in total. The Labute approximate surface area is 135 Å². The lowest BCUT2D eigenvalue weighted by Gasteiger charge is -2.37. The maximum absolute atomic E-state index is 12.2. The summed E-state index contributed by atoms with van der Waals surface area (Å²) in [7, 11) is 0.